The highest BCUT2D eigenvalue weighted by Gasteiger charge is 2.43. The number of aliphatic hydroxyl groups excluding tert-OH is 2. The van der Waals surface area contributed by atoms with Crippen LogP contribution in [0.15, 0.2) is 48.1 Å². The van der Waals surface area contributed by atoms with Crippen LogP contribution in [0.1, 0.15) is 63.5 Å². The van der Waals surface area contributed by atoms with Crippen LogP contribution < -0.4 is 0 Å². The van der Waals surface area contributed by atoms with Crippen LogP contribution in [-0.2, 0) is 6.42 Å². The van der Waals surface area contributed by atoms with Gasteiger partial charge in [0.05, 0.1) is 12.2 Å². The van der Waals surface area contributed by atoms with Gasteiger partial charge in [-0.2, -0.15) is 0 Å². The molecule has 1 aromatic carbocycles. The van der Waals surface area contributed by atoms with Gasteiger partial charge in [-0.1, -0.05) is 73.9 Å². The van der Waals surface area contributed by atoms with Gasteiger partial charge in [0.2, 0.25) is 0 Å². The molecule has 0 heterocycles. The number of rotatable bonds is 12. The molecule has 0 aromatic heterocycles. The molecule has 3 rings (SSSR count). The van der Waals surface area contributed by atoms with Crippen molar-refractivity contribution in [3.63, 3.8) is 0 Å². The number of aryl methyl sites for hydroxylation is 1. The Hall–Kier alpha value is -1.42. The van der Waals surface area contributed by atoms with E-state index in [1.807, 2.05) is 12.1 Å². The zero-order valence-corrected chi connectivity index (χ0v) is 19.8. The molecule has 0 unspecified atom stereocenters. The molecular formula is C28H43NO2. The maximum Gasteiger partial charge on any atom is 0.0761 e. The number of hydrogen-bond donors (Lipinski definition) is 2. The second kappa shape index (κ2) is 12.0. The fourth-order valence-corrected chi connectivity index (χ4v) is 5.60. The lowest BCUT2D eigenvalue weighted by Crippen LogP contribution is -2.23. The van der Waals surface area contributed by atoms with E-state index in [0.717, 1.165) is 31.5 Å². The quantitative estimate of drug-likeness (QED) is 0.353. The van der Waals surface area contributed by atoms with E-state index in [-0.39, 0.29) is 12.0 Å². The molecule has 0 spiro atoms. The summed E-state index contributed by atoms with van der Waals surface area (Å²) in [5, 5.41) is 21.1. The van der Waals surface area contributed by atoms with Gasteiger partial charge in [-0.05, 0) is 76.1 Å². The fraction of sp³-hybridized carbons (Fsp3) is 0.643. The third kappa shape index (κ3) is 7.03. The number of hydrogen-bond acceptors (Lipinski definition) is 3. The zero-order chi connectivity index (χ0) is 22.2. The summed E-state index contributed by atoms with van der Waals surface area (Å²) >= 11 is 0. The number of benzene rings is 1. The van der Waals surface area contributed by atoms with Crippen LogP contribution in [0.4, 0.5) is 0 Å². The van der Waals surface area contributed by atoms with E-state index in [9.17, 15) is 10.2 Å². The van der Waals surface area contributed by atoms with Crippen LogP contribution in [0.25, 0.3) is 0 Å². The number of fused-ring (bicyclic) bond motifs is 1. The molecule has 1 fully saturated rings. The van der Waals surface area contributed by atoms with Gasteiger partial charge in [0.25, 0.3) is 0 Å². The first-order valence-electron chi connectivity index (χ1n) is 12.5. The van der Waals surface area contributed by atoms with E-state index in [2.05, 4.69) is 56.0 Å². The topological polar surface area (TPSA) is 43.7 Å². The van der Waals surface area contributed by atoms with Gasteiger partial charge in [-0.3, -0.25) is 0 Å². The monoisotopic (exact) mass is 425 g/mol. The first kappa shape index (κ1) is 24.2. The molecule has 2 aliphatic rings. The molecule has 0 aliphatic heterocycles. The Kier molecular flexibility index (Phi) is 9.37. The van der Waals surface area contributed by atoms with Crippen molar-refractivity contribution in [3.8, 4) is 0 Å². The van der Waals surface area contributed by atoms with Crippen molar-refractivity contribution < 1.29 is 10.2 Å². The summed E-state index contributed by atoms with van der Waals surface area (Å²) < 4.78 is 0. The first-order valence-corrected chi connectivity index (χ1v) is 12.5. The molecule has 1 saturated carbocycles. The fourth-order valence-electron chi connectivity index (χ4n) is 5.60. The molecule has 0 saturated heterocycles. The number of allylic oxidation sites excluding steroid dienone is 2. The van der Waals surface area contributed by atoms with Gasteiger partial charge >= 0.3 is 0 Å². The van der Waals surface area contributed by atoms with Gasteiger partial charge in [-0.15, -0.1) is 0 Å². The molecule has 5 atom stereocenters. The summed E-state index contributed by atoms with van der Waals surface area (Å²) in [7, 11) is 0. The largest absolute Gasteiger partial charge is 0.392 e. The minimum absolute atomic E-state index is 0.175. The Morgan fingerprint density at radius 1 is 1.16 bits per heavy atom. The summed E-state index contributed by atoms with van der Waals surface area (Å²) in [5.41, 5.74) is 3.98. The lowest BCUT2D eigenvalue weighted by molar-refractivity contribution is 0.140. The molecule has 1 aromatic rings. The summed E-state index contributed by atoms with van der Waals surface area (Å²) in [5.74, 6) is 1.21. The predicted octanol–water partition coefficient (Wildman–Crippen LogP) is 5.30. The summed E-state index contributed by atoms with van der Waals surface area (Å²) in [4.78, 5) is 2.50. The van der Waals surface area contributed by atoms with Gasteiger partial charge in [0.1, 0.15) is 0 Å². The standard InChI is InChI=1S/C28H43NO2/c1-4-29(5-2)15-8-6-7-11-23-17-24-20-28(31)26(27(24)19-23)14-13-25(30)18-22-12-9-10-21(3)16-22/h9-10,12-14,16-17,24-28,30-31H,4-8,11,15,18-20H2,1-3H3/b14-13+/t24-,25+,26+,27-,28+/m0/s1. The maximum absolute atomic E-state index is 10.6. The van der Waals surface area contributed by atoms with Crippen LogP contribution in [0.3, 0.4) is 0 Å². The molecule has 31 heavy (non-hydrogen) atoms. The van der Waals surface area contributed by atoms with Gasteiger partial charge in [-0.25, -0.2) is 0 Å². The van der Waals surface area contributed by atoms with Crippen molar-refractivity contribution in [2.75, 3.05) is 19.6 Å². The number of unbranched alkanes of at least 4 members (excludes halogenated alkanes) is 2. The lowest BCUT2D eigenvalue weighted by atomic mass is 9.88. The minimum atomic E-state index is -0.493. The van der Waals surface area contributed by atoms with E-state index in [1.165, 1.54) is 37.8 Å². The molecule has 3 heteroatoms. The highest BCUT2D eigenvalue weighted by Crippen LogP contribution is 2.48. The van der Waals surface area contributed by atoms with Crippen molar-refractivity contribution >= 4 is 0 Å². The molecule has 2 N–H and O–H groups in total. The minimum Gasteiger partial charge on any atom is -0.392 e. The highest BCUT2D eigenvalue weighted by molar-refractivity contribution is 5.24. The van der Waals surface area contributed by atoms with Crippen molar-refractivity contribution in [2.24, 2.45) is 17.8 Å². The maximum atomic E-state index is 10.6. The molecule has 0 bridgehead atoms. The molecular weight excluding hydrogens is 382 g/mol. The molecule has 2 aliphatic carbocycles. The Labute approximate surface area is 189 Å². The van der Waals surface area contributed by atoms with Crippen molar-refractivity contribution in [1.82, 2.24) is 4.90 Å². The van der Waals surface area contributed by atoms with Crippen LogP contribution in [0.2, 0.25) is 0 Å². The second-order valence-corrected chi connectivity index (χ2v) is 9.72. The summed E-state index contributed by atoms with van der Waals surface area (Å²) in [6.07, 6.45) is 13.5. The smallest absolute Gasteiger partial charge is 0.0761 e. The molecule has 0 amide bonds. The Balaban J connectivity index is 1.43. The van der Waals surface area contributed by atoms with E-state index in [1.54, 1.807) is 5.57 Å². The second-order valence-electron chi connectivity index (χ2n) is 9.72. The van der Waals surface area contributed by atoms with Crippen LogP contribution in [0, 0.1) is 24.7 Å². The van der Waals surface area contributed by atoms with Gasteiger partial charge < -0.3 is 15.1 Å². The van der Waals surface area contributed by atoms with Crippen molar-refractivity contribution in [3.05, 3.63) is 59.2 Å². The van der Waals surface area contributed by atoms with Crippen LogP contribution >= 0.6 is 0 Å². The van der Waals surface area contributed by atoms with E-state index >= 15 is 0 Å². The first-order chi connectivity index (χ1) is 15.0. The van der Waals surface area contributed by atoms with E-state index < -0.39 is 6.10 Å². The SMILES string of the molecule is CCN(CC)CCCCCC1=C[C@H]2C[C@@H](O)[C@H](/C=C/[C@@H](O)Cc3cccc(C)c3)[C@H]2C1. The molecule has 172 valence electrons. The average molecular weight is 426 g/mol. The Morgan fingerprint density at radius 3 is 2.71 bits per heavy atom. The van der Waals surface area contributed by atoms with E-state index in [0.29, 0.717) is 18.3 Å². The lowest BCUT2D eigenvalue weighted by Gasteiger charge is -2.19. The number of nitrogens with zero attached hydrogens (tertiary/aromatic N) is 1. The van der Waals surface area contributed by atoms with Gasteiger partial charge in [0, 0.05) is 12.3 Å². The van der Waals surface area contributed by atoms with E-state index in [4.69, 9.17) is 0 Å². The van der Waals surface area contributed by atoms with Crippen LogP contribution in [0.5, 0.6) is 0 Å². The van der Waals surface area contributed by atoms with Crippen molar-refractivity contribution in [1.29, 1.82) is 0 Å². The van der Waals surface area contributed by atoms with Crippen LogP contribution in [-0.4, -0.2) is 47.0 Å². The molecule has 3 nitrogen and oxygen atoms in total. The third-order valence-corrected chi connectivity index (χ3v) is 7.40. The average Bonchev–Trinajstić information content (AvgIpc) is 3.25. The molecule has 0 radical (unpaired) electrons. The Morgan fingerprint density at radius 2 is 1.97 bits per heavy atom. The van der Waals surface area contributed by atoms with Gasteiger partial charge in [0.15, 0.2) is 0 Å². The third-order valence-electron chi connectivity index (χ3n) is 7.40. The number of aliphatic hydroxyl groups is 2. The highest BCUT2D eigenvalue weighted by atomic mass is 16.3. The normalized spacial score (nSPS) is 26.6. The Bertz CT molecular complexity index is 736. The summed E-state index contributed by atoms with van der Waals surface area (Å²) in [6, 6.07) is 8.32. The van der Waals surface area contributed by atoms with Crippen molar-refractivity contribution in [2.45, 2.75) is 77.9 Å². The zero-order valence-electron chi connectivity index (χ0n) is 19.8. The predicted molar refractivity (Wildman–Crippen MR) is 130 cm³/mol. The summed E-state index contributed by atoms with van der Waals surface area (Å²) in [6.45, 7) is 10.1.